The third kappa shape index (κ3) is 2.92. The molecule has 0 amide bonds. The molecule has 90 valence electrons. The molecule has 0 aromatic heterocycles. The van der Waals surface area contributed by atoms with Crippen LogP contribution in [0.1, 0.15) is 12.5 Å². The average molecular weight is 269 g/mol. The molecule has 0 heterocycles. The summed E-state index contributed by atoms with van der Waals surface area (Å²) in [5.41, 5.74) is 0.324. The highest BCUT2D eigenvalue weighted by molar-refractivity contribution is 7.91. The van der Waals surface area contributed by atoms with Gasteiger partial charge in [-0.2, -0.15) is 8.78 Å². The number of halogens is 3. The first-order chi connectivity index (χ1) is 7.35. The Balaban J connectivity index is 3.24. The molecule has 0 radical (unpaired) electrons. The van der Waals surface area contributed by atoms with Gasteiger partial charge in [-0.15, -0.1) is 11.6 Å². The van der Waals surface area contributed by atoms with Gasteiger partial charge in [0.1, 0.15) is 0 Å². The van der Waals surface area contributed by atoms with Crippen LogP contribution >= 0.6 is 11.6 Å². The SMILES string of the molecule is CC(Cl)Cc1ccccc1S(=O)(=O)C(F)F. The van der Waals surface area contributed by atoms with Crippen molar-refractivity contribution in [2.45, 2.75) is 29.4 Å². The number of benzene rings is 1. The van der Waals surface area contributed by atoms with Crippen molar-refractivity contribution >= 4 is 21.4 Å². The molecule has 1 unspecified atom stereocenters. The van der Waals surface area contributed by atoms with Crippen molar-refractivity contribution in [1.82, 2.24) is 0 Å². The predicted octanol–water partition coefficient (Wildman–Crippen LogP) is 2.85. The summed E-state index contributed by atoms with van der Waals surface area (Å²) in [4.78, 5) is -0.336. The zero-order valence-electron chi connectivity index (χ0n) is 8.53. The molecular formula is C10H11ClF2O2S. The van der Waals surface area contributed by atoms with Gasteiger partial charge in [0, 0.05) is 5.38 Å². The van der Waals surface area contributed by atoms with Crippen molar-refractivity contribution in [3.05, 3.63) is 29.8 Å². The Hall–Kier alpha value is -0.680. The van der Waals surface area contributed by atoms with Crippen LogP contribution in [0, 0.1) is 0 Å². The Kier molecular flexibility index (Phi) is 4.27. The first-order valence-corrected chi connectivity index (χ1v) is 6.58. The summed E-state index contributed by atoms with van der Waals surface area (Å²) in [6.07, 6.45) is 0.240. The van der Waals surface area contributed by atoms with Crippen molar-refractivity contribution in [2.75, 3.05) is 0 Å². The van der Waals surface area contributed by atoms with E-state index in [4.69, 9.17) is 11.6 Å². The molecule has 6 heteroatoms. The molecule has 0 saturated carbocycles. The van der Waals surface area contributed by atoms with Crippen LogP contribution in [0.2, 0.25) is 0 Å². The second-order valence-corrected chi connectivity index (χ2v) is 6.03. The van der Waals surface area contributed by atoms with Gasteiger partial charge < -0.3 is 0 Å². The van der Waals surface area contributed by atoms with Crippen LogP contribution in [0.4, 0.5) is 8.78 Å². The number of rotatable bonds is 4. The second-order valence-electron chi connectivity index (χ2n) is 3.40. The zero-order valence-corrected chi connectivity index (χ0v) is 10.1. The molecule has 0 aliphatic carbocycles. The molecule has 1 rings (SSSR count). The summed E-state index contributed by atoms with van der Waals surface area (Å²) in [5.74, 6) is -3.40. The van der Waals surface area contributed by atoms with Crippen LogP contribution in [0.3, 0.4) is 0 Å². The van der Waals surface area contributed by atoms with Crippen molar-refractivity contribution in [3.8, 4) is 0 Å². The molecule has 0 fully saturated rings. The monoisotopic (exact) mass is 268 g/mol. The lowest BCUT2D eigenvalue weighted by molar-refractivity contribution is 0.234. The fourth-order valence-electron chi connectivity index (χ4n) is 1.35. The molecule has 0 N–H and O–H groups in total. The van der Waals surface area contributed by atoms with Gasteiger partial charge in [0.2, 0.25) is 9.84 Å². The van der Waals surface area contributed by atoms with Crippen molar-refractivity contribution in [3.63, 3.8) is 0 Å². The van der Waals surface area contributed by atoms with E-state index in [1.807, 2.05) is 0 Å². The molecule has 0 aliphatic heterocycles. The van der Waals surface area contributed by atoms with E-state index in [1.54, 1.807) is 13.0 Å². The summed E-state index contributed by atoms with van der Waals surface area (Å²) in [6, 6.07) is 5.68. The fourth-order valence-corrected chi connectivity index (χ4v) is 2.49. The summed E-state index contributed by atoms with van der Waals surface area (Å²) >= 11 is 5.73. The highest BCUT2D eigenvalue weighted by Crippen LogP contribution is 2.23. The van der Waals surface area contributed by atoms with E-state index < -0.39 is 15.6 Å². The Morgan fingerprint density at radius 3 is 2.38 bits per heavy atom. The Morgan fingerprint density at radius 2 is 1.88 bits per heavy atom. The minimum atomic E-state index is -4.55. The fraction of sp³-hybridized carbons (Fsp3) is 0.400. The van der Waals surface area contributed by atoms with Gasteiger partial charge in [0.15, 0.2) is 0 Å². The minimum absolute atomic E-state index is 0.240. The van der Waals surface area contributed by atoms with Crippen LogP contribution < -0.4 is 0 Å². The van der Waals surface area contributed by atoms with E-state index in [2.05, 4.69) is 0 Å². The van der Waals surface area contributed by atoms with Gasteiger partial charge in [-0.05, 0) is 25.0 Å². The normalized spacial score (nSPS) is 14.1. The maximum atomic E-state index is 12.4. The molecule has 16 heavy (non-hydrogen) atoms. The molecule has 1 atom stereocenters. The lowest BCUT2D eigenvalue weighted by Crippen LogP contribution is -2.14. The summed E-state index contributed by atoms with van der Waals surface area (Å²) in [6.45, 7) is 1.67. The van der Waals surface area contributed by atoms with Gasteiger partial charge in [-0.25, -0.2) is 8.42 Å². The van der Waals surface area contributed by atoms with E-state index in [0.717, 1.165) is 0 Å². The quantitative estimate of drug-likeness (QED) is 0.787. The van der Waals surface area contributed by atoms with E-state index >= 15 is 0 Å². The first-order valence-electron chi connectivity index (χ1n) is 4.59. The maximum absolute atomic E-state index is 12.4. The van der Waals surface area contributed by atoms with Gasteiger partial charge >= 0.3 is 5.76 Å². The van der Waals surface area contributed by atoms with Crippen LogP contribution in [0.25, 0.3) is 0 Å². The van der Waals surface area contributed by atoms with Crippen molar-refractivity contribution < 1.29 is 17.2 Å². The standard InChI is InChI=1S/C10H11ClF2O2S/c1-7(11)6-8-4-2-3-5-9(8)16(14,15)10(12)13/h2-5,7,10H,6H2,1H3. The Morgan fingerprint density at radius 1 is 1.31 bits per heavy atom. The molecule has 1 aromatic carbocycles. The number of alkyl halides is 3. The maximum Gasteiger partial charge on any atom is 0.341 e. The van der Waals surface area contributed by atoms with Crippen molar-refractivity contribution in [2.24, 2.45) is 0 Å². The number of hydrogen-bond donors (Lipinski definition) is 0. The molecule has 0 spiro atoms. The van der Waals surface area contributed by atoms with Crippen molar-refractivity contribution in [1.29, 1.82) is 0 Å². The summed E-state index contributed by atoms with van der Waals surface area (Å²) in [7, 11) is -4.55. The van der Waals surface area contributed by atoms with Gasteiger partial charge in [0.25, 0.3) is 0 Å². The van der Waals surface area contributed by atoms with Crippen LogP contribution in [0.5, 0.6) is 0 Å². The Labute approximate surface area is 98.2 Å². The summed E-state index contributed by atoms with van der Waals surface area (Å²) in [5, 5.41) is -0.311. The number of hydrogen-bond acceptors (Lipinski definition) is 2. The smallest absolute Gasteiger partial charge is 0.218 e. The number of sulfone groups is 1. The van der Waals surface area contributed by atoms with Gasteiger partial charge in [-0.3, -0.25) is 0 Å². The highest BCUT2D eigenvalue weighted by Gasteiger charge is 2.28. The molecule has 1 aromatic rings. The highest BCUT2D eigenvalue weighted by atomic mass is 35.5. The largest absolute Gasteiger partial charge is 0.341 e. The van der Waals surface area contributed by atoms with E-state index in [-0.39, 0.29) is 16.7 Å². The average Bonchev–Trinajstić information content (AvgIpc) is 2.17. The van der Waals surface area contributed by atoms with E-state index in [9.17, 15) is 17.2 Å². The van der Waals surface area contributed by atoms with Gasteiger partial charge in [-0.1, -0.05) is 18.2 Å². The second kappa shape index (κ2) is 5.10. The third-order valence-corrected chi connectivity index (χ3v) is 3.65. The molecular weight excluding hydrogens is 258 g/mol. The third-order valence-electron chi connectivity index (χ3n) is 2.01. The molecule has 0 saturated heterocycles. The summed E-state index contributed by atoms with van der Waals surface area (Å²) < 4.78 is 47.5. The van der Waals surface area contributed by atoms with E-state index in [0.29, 0.717) is 5.56 Å². The van der Waals surface area contributed by atoms with Gasteiger partial charge in [0.05, 0.1) is 4.90 Å². The predicted molar refractivity (Wildman–Crippen MR) is 58.7 cm³/mol. The first kappa shape index (κ1) is 13.4. The topological polar surface area (TPSA) is 34.1 Å². The lowest BCUT2D eigenvalue weighted by Gasteiger charge is -2.10. The van der Waals surface area contributed by atoms with Crippen LogP contribution in [-0.4, -0.2) is 19.6 Å². The Bertz CT molecular complexity index is 458. The zero-order chi connectivity index (χ0) is 12.3. The van der Waals surface area contributed by atoms with E-state index in [1.165, 1.54) is 18.2 Å². The van der Waals surface area contributed by atoms with Crippen LogP contribution in [0.15, 0.2) is 29.2 Å². The molecule has 0 aliphatic rings. The molecule has 2 nitrogen and oxygen atoms in total. The van der Waals surface area contributed by atoms with Crippen LogP contribution in [-0.2, 0) is 16.3 Å². The lowest BCUT2D eigenvalue weighted by atomic mass is 10.1. The molecule has 0 bridgehead atoms. The minimum Gasteiger partial charge on any atom is -0.218 e.